The van der Waals surface area contributed by atoms with Crippen LogP contribution in [0.1, 0.15) is 12.0 Å². The summed E-state index contributed by atoms with van der Waals surface area (Å²) >= 11 is 0. The molecule has 1 aliphatic heterocycles. The van der Waals surface area contributed by atoms with Crippen LogP contribution in [-0.2, 0) is 9.59 Å². The van der Waals surface area contributed by atoms with Gasteiger partial charge in [0, 0.05) is 30.9 Å². The molecule has 21 heavy (non-hydrogen) atoms. The minimum absolute atomic E-state index is 0.0161. The molecule has 0 spiro atoms. The van der Waals surface area contributed by atoms with Crippen molar-refractivity contribution in [3.05, 3.63) is 33.9 Å². The second-order valence-electron chi connectivity index (χ2n) is 4.81. The van der Waals surface area contributed by atoms with Crippen LogP contribution >= 0.6 is 0 Å². The third-order valence-electron chi connectivity index (χ3n) is 3.22. The van der Waals surface area contributed by atoms with Gasteiger partial charge in [0.1, 0.15) is 0 Å². The SMILES string of the molecule is Cc1cc([N+](=O)[O-])ccc1NC(=O)CC1NCCNC1=O. The summed E-state index contributed by atoms with van der Waals surface area (Å²) in [6.07, 6.45) is 0.0161. The van der Waals surface area contributed by atoms with Gasteiger partial charge in [-0.05, 0) is 18.6 Å². The van der Waals surface area contributed by atoms with Gasteiger partial charge in [0.25, 0.3) is 5.69 Å². The Morgan fingerprint density at radius 1 is 1.48 bits per heavy atom. The fourth-order valence-corrected chi connectivity index (χ4v) is 2.10. The molecular weight excluding hydrogens is 276 g/mol. The van der Waals surface area contributed by atoms with Crippen molar-refractivity contribution < 1.29 is 14.5 Å². The number of hydrogen-bond acceptors (Lipinski definition) is 5. The van der Waals surface area contributed by atoms with Gasteiger partial charge in [0.15, 0.2) is 0 Å². The van der Waals surface area contributed by atoms with Gasteiger partial charge in [0.2, 0.25) is 11.8 Å². The summed E-state index contributed by atoms with van der Waals surface area (Å²) in [6.45, 7) is 2.85. The number of nitro benzene ring substituents is 1. The first-order chi connectivity index (χ1) is 9.97. The normalized spacial score (nSPS) is 18.0. The first-order valence-electron chi connectivity index (χ1n) is 6.53. The number of amides is 2. The van der Waals surface area contributed by atoms with Crippen molar-refractivity contribution in [2.75, 3.05) is 18.4 Å². The van der Waals surface area contributed by atoms with Gasteiger partial charge in [-0.1, -0.05) is 0 Å². The minimum atomic E-state index is -0.544. The lowest BCUT2D eigenvalue weighted by Crippen LogP contribution is -2.53. The van der Waals surface area contributed by atoms with Gasteiger partial charge in [-0.25, -0.2) is 0 Å². The molecule has 8 heteroatoms. The van der Waals surface area contributed by atoms with E-state index in [1.807, 2.05) is 0 Å². The maximum atomic E-state index is 11.9. The van der Waals surface area contributed by atoms with Gasteiger partial charge < -0.3 is 16.0 Å². The summed E-state index contributed by atoms with van der Waals surface area (Å²) in [5.41, 5.74) is 1.07. The molecule has 0 aromatic heterocycles. The molecule has 112 valence electrons. The third kappa shape index (κ3) is 3.76. The van der Waals surface area contributed by atoms with Gasteiger partial charge in [-0.15, -0.1) is 0 Å². The molecule has 1 saturated heterocycles. The topological polar surface area (TPSA) is 113 Å². The molecule has 1 aromatic rings. The van der Waals surface area contributed by atoms with E-state index in [9.17, 15) is 19.7 Å². The average Bonchev–Trinajstić information content (AvgIpc) is 2.43. The molecular formula is C13H16N4O4. The van der Waals surface area contributed by atoms with E-state index in [-0.39, 0.29) is 23.9 Å². The van der Waals surface area contributed by atoms with Crippen molar-refractivity contribution in [3.8, 4) is 0 Å². The number of rotatable bonds is 4. The number of aryl methyl sites for hydroxylation is 1. The minimum Gasteiger partial charge on any atom is -0.353 e. The van der Waals surface area contributed by atoms with Gasteiger partial charge in [-0.2, -0.15) is 0 Å². The van der Waals surface area contributed by atoms with Gasteiger partial charge in [-0.3, -0.25) is 19.7 Å². The largest absolute Gasteiger partial charge is 0.353 e. The lowest BCUT2D eigenvalue weighted by Gasteiger charge is -2.23. The Morgan fingerprint density at radius 2 is 2.24 bits per heavy atom. The Balaban J connectivity index is 1.99. The van der Waals surface area contributed by atoms with E-state index in [4.69, 9.17) is 0 Å². The van der Waals surface area contributed by atoms with Crippen LogP contribution in [0.5, 0.6) is 0 Å². The molecule has 1 aromatic carbocycles. The first kappa shape index (κ1) is 14.9. The third-order valence-corrected chi connectivity index (χ3v) is 3.22. The van der Waals surface area contributed by atoms with Crippen LogP contribution in [0.3, 0.4) is 0 Å². The van der Waals surface area contributed by atoms with E-state index in [2.05, 4.69) is 16.0 Å². The Bertz CT molecular complexity index is 588. The summed E-state index contributed by atoms with van der Waals surface area (Å²) in [4.78, 5) is 33.6. The van der Waals surface area contributed by atoms with Crippen LogP contribution in [0, 0.1) is 17.0 Å². The molecule has 1 fully saturated rings. The summed E-state index contributed by atoms with van der Waals surface area (Å²) in [5, 5.41) is 19.0. The highest BCUT2D eigenvalue weighted by Crippen LogP contribution is 2.21. The molecule has 0 radical (unpaired) electrons. The average molecular weight is 292 g/mol. The second-order valence-corrected chi connectivity index (χ2v) is 4.81. The Kier molecular flexibility index (Phi) is 4.49. The predicted octanol–water partition coefficient (Wildman–Crippen LogP) is 0.320. The fraction of sp³-hybridized carbons (Fsp3) is 0.385. The zero-order valence-electron chi connectivity index (χ0n) is 11.5. The van der Waals surface area contributed by atoms with E-state index in [1.165, 1.54) is 18.2 Å². The second kappa shape index (κ2) is 6.31. The fourth-order valence-electron chi connectivity index (χ4n) is 2.10. The molecule has 0 bridgehead atoms. The van der Waals surface area contributed by atoms with Crippen molar-refractivity contribution in [2.24, 2.45) is 0 Å². The first-order valence-corrected chi connectivity index (χ1v) is 6.53. The summed E-state index contributed by atoms with van der Waals surface area (Å²) < 4.78 is 0. The molecule has 1 heterocycles. The molecule has 1 aliphatic rings. The van der Waals surface area contributed by atoms with Crippen LogP contribution in [0.15, 0.2) is 18.2 Å². The number of benzene rings is 1. The highest BCUT2D eigenvalue weighted by Gasteiger charge is 2.24. The highest BCUT2D eigenvalue weighted by molar-refractivity contribution is 5.96. The smallest absolute Gasteiger partial charge is 0.269 e. The lowest BCUT2D eigenvalue weighted by atomic mass is 10.1. The van der Waals surface area contributed by atoms with Crippen molar-refractivity contribution in [2.45, 2.75) is 19.4 Å². The Morgan fingerprint density at radius 3 is 2.86 bits per heavy atom. The number of hydrogen-bond donors (Lipinski definition) is 3. The van der Waals surface area contributed by atoms with Crippen LogP contribution in [-0.4, -0.2) is 35.9 Å². The quantitative estimate of drug-likeness (QED) is 0.546. The zero-order chi connectivity index (χ0) is 15.4. The summed E-state index contributed by atoms with van der Waals surface area (Å²) in [7, 11) is 0. The van der Waals surface area contributed by atoms with Gasteiger partial charge >= 0.3 is 0 Å². The number of nitro groups is 1. The maximum Gasteiger partial charge on any atom is 0.269 e. The number of anilines is 1. The molecule has 8 nitrogen and oxygen atoms in total. The van der Waals surface area contributed by atoms with E-state index < -0.39 is 11.0 Å². The number of carbonyl (C=O) groups is 2. The summed E-state index contributed by atoms with van der Waals surface area (Å²) in [6, 6.07) is 3.66. The molecule has 1 atom stereocenters. The lowest BCUT2D eigenvalue weighted by molar-refractivity contribution is -0.384. The molecule has 0 aliphatic carbocycles. The number of carbonyl (C=O) groups excluding carboxylic acids is 2. The Hall–Kier alpha value is -2.48. The van der Waals surface area contributed by atoms with E-state index in [0.29, 0.717) is 24.3 Å². The standard InChI is InChI=1S/C13H16N4O4/c1-8-6-9(17(20)21)2-3-10(8)16-12(18)7-11-13(19)15-5-4-14-11/h2-3,6,11,14H,4-5,7H2,1H3,(H,15,19)(H,16,18). The van der Waals surface area contributed by atoms with Crippen LogP contribution in [0.4, 0.5) is 11.4 Å². The van der Waals surface area contributed by atoms with Crippen molar-refractivity contribution in [3.63, 3.8) is 0 Å². The van der Waals surface area contributed by atoms with E-state index >= 15 is 0 Å². The van der Waals surface area contributed by atoms with Crippen LogP contribution in [0.25, 0.3) is 0 Å². The number of piperazine rings is 1. The van der Waals surface area contributed by atoms with Gasteiger partial charge in [0.05, 0.1) is 17.4 Å². The molecule has 2 rings (SSSR count). The summed E-state index contributed by atoms with van der Waals surface area (Å²) in [5.74, 6) is -0.515. The van der Waals surface area contributed by atoms with E-state index in [1.54, 1.807) is 6.92 Å². The van der Waals surface area contributed by atoms with E-state index in [0.717, 1.165) is 0 Å². The van der Waals surface area contributed by atoms with Crippen molar-refractivity contribution in [1.82, 2.24) is 10.6 Å². The zero-order valence-corrected chi connectivity index (χ0v) is 11.5. The molecule has 2 amide bonds. The predicted molar refractivity (Wildman–Crippen MR) is 75.9 cm³/mol. The number of non-ortho nitro benzene ring substituents is 1. The Labute approximate surface area is 121 Å². The van der Waals surface area contributed by atoms with Crippen molar-refractivity contribution >= 4 is 23.2 Å². The maximum absolute atomic E-state index is 11.9. The van der Waals surface area contributed by atoms with Crippen molar-refractivity contribution in [1.29, 1.82) is 0 Å². The van der Waals surface area contributed by atoms with Crippen LogP contribution in [0.2, 0.25) is 0 Å². The number of nitrogens with zero attached hydrogens (tertiary/aromatic N) is 1. The highest BCUT2D eigenvalue weighted by atomic mass is 16.6. The molecule has 0 saturated carbocycles. The van der Waals surface area contributed by atoms with Crippen LogP contribution < -0.4 is 16.0 Å². The molecule has 3 N–H and O–H groups in total. The monoisotopic (exact) mass is 292 g/mol. The molecule has 1 unspecified atom stereocenters. The number of nitrogens with one attached hydrogen (secondary N) is 3.